The SMILES string of the molecule is COc1cc(C)[nH]c(=O)c1CN(C)C(=O)c1cc(Cl)c2c(c1C)O[C@@H](C1CCC(NC(=O)OC(C)(C)C)CC1)CO2. The van der Waals surface area contributed by atoms with E-state index in [1.807, 2.05) is 27.7 Å². The molecule has 2 amide bonds. The van der Waals surface area contributed by atoms with E-state index in [-0.39, 0.29) is 41.1 Å². The summed E-state index contributed by atoms with van der Waals surface area (Å²) in [5, 5.41) is 3.26. The van der Waals surface area contributed by atoms with Gasteiger partial charge in [-0.05, 0) is 78.4 Å². The van der Waals surface area contributed by atoms with Crippen LogP contribution in [0.2, 0.25) is 5.02 Å². The van der Waals surface area contributed by atoms with Gasteiger partial charge in [0.15, 0.2) is 11.5 Å². The Bertz CT molecular complexity index is 1360. The second-order valence-electron chi connectivity index (χ2n) is 11.9. The maximum atomic E-state index is 13.6. The number of benzene rings is 1. The number of amides is 2. The van der Waals surface area contributed by atoms with Crippen molar-refractivity contribution in [3.63, 3.8) is 0 Å². The summed E-state index contributed by atoms with van der Waals surface area (Å²) in [6.45, 7) is 9.50. The molecule has 0 saturated heterocycles. The third-order valence-electron chi connectivity index (χ3n) is 7.54. The van der Waals surface area contributed by atoms with Crippen LogP contribution in [-0.2, 0) is 11.3 Å². The standard InChI is InChI=1S/C30H40ClN3O7/c1-16-12-23(38-7)21(27(35)32-16)14-34(6)28(36)20-13-22(31)26-25(17(20)2)40-24(15-39-26)18-8-10-19(11-9-18)33-29(37)41-30(3,4)5/h12-13,18-19,24H,8-11,14-15H2,1-7H3,(H,32,35)(H,33,37)/t18?,19?,24-/m1/s1. The molecule has 1 atom stereocenters. The van der Waals surface area contributed by atoms with Crippen molar-refractivity contribution in [1.82, 2.24) is 15.2 Å². The minimum atomic E-state index is -0.540. The second kappa shape index (κ2) is 12.2. The van der Waals surface area contributed by atoms with Gasteiger partial charge in [-0.1, -0.05) is 11.6 Å². The number of rotatable bonds is 6. The van der Waals surface area contributed by atoms with E-state index in [0.29, 0.717) is 46.2 Å². The number of carbonyl (C=O) groups is 2. The highest BCUT2D eigenvalue weighted by Crippen LogP contribution is 2.45. The van der Waals surface area contributed by atoms with Crippen molar-refractivity contribution in [3.8, 4) is 17.2 Å². The first kappa shape index (κ1) is 30.6. The van der Waals surface area contributed by atoms with Crippen LogP contribution in [0.4, 0.5) is 4.79 Å². The maximum absolute atomic E-state index is 13.6. The molecule has 1 aromatic heterocycles. The number of carbonyl (C=O) groups excluding carboxylic acids is 2. The smallest absolute Gasteiger partial charge is 0.407 e. The predicted molar refractivity (Wildman–Crippen MR) is 155 cm³/mol. The zero-order chi connectivity index (χ0) is 30.1. The van der Waals surface area contributed by atoms with E-state index in [4.69, 9.17) is 30.5 Å². The number of alkyl carbamates (subject to hydrolysis) is 1. The van der Waals surface area contributed by atoms with Gasteiger partial charge < -0.3 is 34.1 Å². The van der Waals surface area contributed by atoms with Gasteiger partial charge in [-0.15, -0.1) is 0 Å². The van der Waals surface area contributed by atoms with Gasteiger partial charge >= 0.3 is 6.09 Å². The average Bonchev–Trinajstić information content (AvgIpc) is 2.90. The number of aryl methyl sites for hydroxylation is 1. The van der Waals surface area contributed by atoms with E-state index in [1.54, 1.807) is 26.1 Å². The fourth-order valence-corrected chi connectivity index (χ4v) is 5.68. The Hall–Kier alpha value is -3.40. The molecule has 1 aliphatic carbocycles. The summed E-state index contributed by atoms with van der Waals surface area (Å²) < 4.78 is 23.3. The summed E-state index contributed by atoms with van der Waals surface area (Å²) in [5.74, 6) is 1.22. The Morgan fingerprint density at radius 2 is 1.83 bits per heavy atom. The summed E-state index contributed by atoms with van der Waals surface area (Å²) in [7, 11) is 3.11. The molecule has 0 radical (unpaired) electrons. The van der Waals surface area contributed by atoms with Crippen molar-refractivity contribution in [1.29, 1.82) is 0 Å². The van der Waals surface area contributed by atoms with Crippen molar-refractivity contribution in [2.75, 3.05) is 20.8 Å². The van der Waals surface area contributed by atoms with E-state index in [0.717, 1.165) is 25.7 Å². The first-order chi connectivity index (χ1) is 19.3. The van der Waals surface area contributed by atoms with Gasteiger partial charge in [0, 0.05) is 29.9 Å². The third-order valence-corrected chi connectivity index (χ3v) is 7.82. The van der Waals surface area contributed by atoms with E-state index < -0.39 is 11.7 Å². The lowest BCUT2D eigenvalue weighted by Crippen LogP contribution is -2.44. The van der Waals surface area contributed by atoms with Gasteiger partial charge in [-0.2, -0.15) is 0 Å². The average molecular weight is 590 g/mol. The fraction of sp³-hybridized carbons (Fsp3) is 0.567. The third kappa shape index (κ3) is 7.09. The number of hydrogen-bond acceptors (Lipinski definition) is 7. The van der Waals surface area contributed by atoms with Gasteiger partial charge in [0.1, 0.15) is 24.1 Å². The van der Waals surface area contributed by atoms with Crippen LogP contribution in [0.15, 0.2) is 16.9 Å². The molecule has 0 bridgehead atoms. The molecule has 11 heteroatoms. The zero-order valence-electron chi connectivity index (χ0n) is 24.8. The first-order valence-corrected chi connectivity index (χ1v) is 14.3. The number of H-pyrrole nitrogens is 1. The van der Waals surface area contributed by atoms with Crippen molar-refractivity contribution in [3.05, 3.63) is 49.9 Å². The molecular formula is C30H40ClN3O7. The molecule has 41 heavy (non-hydrogen) atoms. The first-order valence-electron chi connectivity index (χ1n) is 13.9. The Balaban J connectivity index is 1.45. The second-order valence-corrected chi connectivity index (χ2v) is 12.3. The minimum absolute atomic E-state index is 0.0479. The molecule has 1 fully saturated rings. The van der Waals surface area contributed by atoms with Crippen molar-refractivity contribution < 1.29 is 28.5 Å². The monoisotopic (exact) mass is 589 g/mol. The normalized spacial score (nSPS) is 20.2. The summed E-state index contributed by atoms with van der Waals surface area (Å²) >= 11 is 6.56. The number of aromatic amines is 1. The molecule has 1 aliphatic heterocycles. The summed E-state index contributed by atoms with van der Waals surface area (Å²) in [4.78, 5) is 42.5. The lowest BCUT2D eigenvalue weighted by molar-refractivity contribution is 0.0261. The predicted octanol–water partition coefficient (Wildman–Crippen LogP) is 5.15. The number of aromatic nitrogens is 1. The van der Waals surface area contributed by atoms with Gasteiger partial charge in [-0.25, -0.2) is 4.79 Å². The lowest BCUT2D eigenvalue weighted by atomic mass is 9.82. The molecule has 0 unspecified atom stereocenters. The number of nitrogens with zero attached hydrogens (tertiary/aromatic N) is 1. The highest BCUT2D eigenvalue weighted by Gasteiger charge is 2.36. The molecule has 1 aromatic carbocycles. The van der Waals surface area contributed by atoms with Crippen LogP contribution in [0.5, 0.6) is 17.2 Å². The molecule has 2 N–H and O–H groups in total. The van der Waals surface area contributed by atoms with E-state index in [2.05, 4.69) is 10.3 Å². The number of ether oxygens (including phenoxy) is 4. The van der Waals surface area contributed by atoms with Crippen LogP contribution in [-0.4, -0.2) is 60.4 Å². The molecular weight excluding hydrogens is 550 g/mol. The number of halogens is 1. The van der Waals surface area contributed by atoms with Gasteiger partial charge in [-0.3, -0.25) is 9.59 Å². The molecule has 2 aromatic rings. The van der Waals surface area contributed by atoms with Crippen LogP contribution >= 0.6 is 11.6 Å². The Morgan fingerprint density at radius 1 is 1.15 bits per heavy atom. The minimum Gasteiger partial charge on any atom is -0.496 e. The topological polar surface area (TPSA) is 119 Å². The van der Waals surface area contributed by atoms with Crippen LogP contribution in [0.3, 0.4) is 0 Å². The quantitative estimate of drug-likeness (QED) is 0.478. The Morgan fingerprint density at radius 3 is 2.46 bits per heavy atom. The number of hydrogen-bond donors (Lipinski definition) is 2. The molecule has 2 heterocycles. The highest BCUT2D eigenvalue weighted by molar-refractivity contribution is 6.32. The van der Waals surface area contributed by atoms with Crippen molar-refractivity contribution in [2.45, 2.75) is 84.6 Å². The summed E-state index contributed by atoms with van der Waals surface area (Å²) in [5.41, 5.74) is 1.16. The van der Waals surface area contributed by atoms with Gasteiger partial charge in [0.05, 0.1) is 24.2 Å². The summed E-state index contributed by atoms with van der Waals surface area (Å²) in [6, 6.07) is 3.36. The molecule has 4 rings (SSSR count). The number of fused-ring (bicyclic) bond motifs is 1. The van der Waals surface area contributed by atoms with Crippen LogP contribution in [0, 0.1) is 19.8 Å². The van der Waals surface area contributed by atoms with E-state index in [9.17, 15) is 14.4 Å². The van der Waals surface area contributed by atoms with Crippen molar-refractivity contribution >= 4 is 23.6 Å². The van der Waals surface area contributed by atoms with Crippen molar-refractivity contribution in [2.24, 2.45) is 5.92 Å². The number of pyridine rings is 1. The Kier molecular flexibility index (Phi) is 9.11. The van der Waals surface area contributed by atoms with E-state index in [1.165, 1.54) is 12.0 Å². The molecule has 0 spiro atoms. The van der Waals surface area contributed by atoms with E-state index >= 15 is 0 Å². The zero-order valence-corrected chi connectivity index (χ0v) is 25.6. The Labute approximate surface area is 245 Å². The number of nitrogens with one attached hydrogen (secondary N) is 2. The lowest BCUT2D eigenvalue weighted by Gasteiger charge is -2.37. The van der Waals surface area contributed by atoms with Crippen LogP contribution in [0.1, 0.15) is 73.6 Å². The molecule has 2 aliphatic rings. The summed E-state index contributed by atoms with van der Waals surface area (Å²) in [6.07, 6.45) is 2.71. The molecule has 10 nitrogen and oxygen atoms in total. The largest absolute Gasteiger partial charge is 0.496 e. The van der Waals surface area contributed by atoms with Crippen LogP contribution in [0.25, 0.3) is 0 Å². The highest BCUT2D eigenvalue weighted by atomic mass is 35.5. The molecule has 1 saturated carbocycles. The fourth-order valence-electron chi connectivity index (χ4n) is 5.43. The molecule has 224 valence electrons. The van der Waals surface area contributed by atoms with Crippen LogP contribution < -0.4 is 25.1 Å². The number of methoxy groups -OCH3 is 1. The van der Waals surface area contributed by atoms with Gasteiger partial charge in [0.25, 0.3) is 11.5 Å². The maximum Gasteiger partial charge on any atom is 0.407 e. The van der Waals surface area contributed by atoms with Gasteiger partial charge in [0.2, 0.25) is 0 Å².